The van der Waals surface area contributed by atoms with Gasteiger partial charge in [0.25, 0.3) is 0 Å². The summed E-state index contributed by atoms with van der Waals surface area (Å²) in [5, 5.41) is 12.9. The van der Waals surface area contributed by atoms with Crippen LogP contribution in [0.3, 0.4) is 0 Å². The lowest BCUT2D eigenvalue weighted by molar-refractivity contribution is 0.415. The third kappa shape index (κ3) is 3.53. The van der Waals surface area contributed by atoms with Crippen molar-refractivity contribution in [3.63, 3.8) is 0 Å². The average Bonchev–Trinajstić information content (AvgIpc) is 2.50. The number of ether oxygens (including phenoxy) is 1. The van der Waals surface area contributed by atoms with E-state index in [9.17, 15) is 5.26 Å². The number of allylic oxidation sites excluding steroid dienone is 1. The number of benzene rings is 2. The summed E-state index contributed by atoms with van der Waals surface area (Å²) in [6.45, 7) is 0. The van der Waals surface area contributed by atoms with Gasteiger partial charge in [-0.15, -0.1) is 0 Å². The molecular formula is C16H13ClN2O. The summed E-state index contributed by atoms with van der Waals surface area (Å²) in [6.07, 6.45) is 1.67. The smallest absolute Gasteiger partial charge is 0.119 e. The van der Waals surface area contributed by atoms with Crippen molar-refractivity contribution in [2.75, 3.05) is 12.4 Å². The minimum Gasteiger partial charge on any atom is -0.497 e. The molecule has 2 rings (SSSR count). The minimum absolute atomic E-state index is 0.539. The molecule has 0 aliphatic rings. The van der Waals surface area contributed by atoms with Crippen LogP contribution in [0.15, 0.2) is 54.7 Å². The van der Waals surface area contributed by atoms with Crippen LogP contribution in [-0.2, 0) is 0 Å². The third-order valence-corrected chi connectivity index (χ3v) is 3.00. The Bertz CT molecular complexity index is 640. The van der Waals surface area contributed by atoms with Crippen molar-refractivity contribution in [2.45, 2.75) is 0 Å². The molecule has 0 fully saturated rings. The minimum atomic E-state index is 0.539. The predicted octanol–water partition coefficient (Wildman–Crippen LogP) is 4.33. The molecule has 4 heteroatoms. The van der Waals surface area contributed by atoms with E-state index in [1.165, 1.54) is 0 Å². The molecule has 0 saturated carbocycles. The molecule has 2 aromatic carbocycles. The van der Waals surface area contributed by atoms with Gasteiger partial charge in [0.05, 0.1) is 12.7 Å². The molecule has 0 saturated heterocycles. The second-order valence-electron chi connectivity index (χ2n) is 4.05. The molecule has 0 aromatic heterocycles. The lowest BCUT2D eigenvalue weighted by Crippen LogP contribution is -1.91. The quantitative estimate of drug-likeness (QED) is 0.850. The van der Waals surface area contributed by atoms with E-state index in [1.54, 1.807) is 25.4 Å². The first-order valence-corrected chi connectivity index (χ1v) is 6.37. The van der Waals surface area contributed by atoms with Crippen molar-refractivity contribution in [1.82, 2.24) is 0 Å². The average molecular weight is 285 g/mol. The van der Waals surface area contributed by atoms with Crippen LogP contribution in [-0.4, -0.2) is 7.11 Å². The summed E-state index contributed by atoms with van der Waals surface area (Å²) < 4.78 is 5.09. The van der Waals surface area contributed by atoms with Gasteiger partial charge in [0.2, 0.25) is 0 Å². The maximum Gasteiger partial charge on any atom is 0.119 e. The van der Waals surface area contributed by atoms with Gasteiger partial charge in [-0.05, 0) is 42.0 Å². The molecule has 0 atom stereocenters. The Morgan fingerprint density at radius 1 is 1.15 bits per heavy atom. The Hall–Kier alpha value is -2.44. The second kappa shape index (κ2) is 6.65. The maximum atomic E-state index is 9.20. The van der Waals surface area contributed by atoms with Crippen molar-refractivity contribution in [2.24, 2.45) is 0 Å². The van der Waals surface area contributed by atoms with Crippen LogP contribution in [0.25, 0.3) is 5.57 Å². The number of nitriles is 1. The monoisotopic (exact) mass is 284 g/mol. The maximum absolute atomic E-state index is 9.20. The summed E-state index contributed by atoms with van der Waals surface area (Å²) in [7, 11) is 1.62. The first kappa shape index (κ1) is 14.0. The normalized spacial score (nSPS) is 10.8. The van der Waals surface area contributed by atoms with Crippen LogP contribution in [0.5, 0.6) is 5.75 Å². The number of nitrogens with zero attached hydrogens (tertiary/aromatic N) is 1. The highest BCUT2D eigenvalue weighted by molar-refractivity contribution is 6.30. The van der Waals surface area contributed by atoms with Crippen molar-refractivity contribution >= 4 is 22.9 Å². The number of anilines is 1. The van der Waals surface area contributed by atoms with Crippen molar-refractivity contribution in [3.05, 3.63) is 65.3 Å². The fourth-order valence-corrected chi connectivity index (χ4v) is 1.78. The Morgan fingerprint density at radius 2 is 1.80 bits per heavy atom. The summed E-state index contributed by atoms with van der Waals surface area (Å²) in [6, 6.07) is 16.8. The van der Waals surface area contributed by atoms with E-state index in [1.807, 2.05) is 36.4 Å². The van der Waals surface area contributed by atoms with E-state index in [0.717, 1.165) is 17.0 Å². The zero-order valence-corrected chi connectivity index (χ0v) is 11.7. The number of methoxy groups -OCH3 is 1. The van der Waals surface area contributed by atoms with Crippen LogP contribution < -0.4 is 10.1 Å². The summed E-state index contributed by atoms with van der Waals surface area (Å²) in [4.78, 5) is 0. The van der Waals surface area contributed by atoms with E-state index in [4.69, 9.17) is 16.3 Å². The molecule has 20 heavy (non-hydrogen) atoms. The largest absolute Gasteiger partial charge is 0.497 e. The molecule has 0 heterocycles. The number of hydrogen-bond acceptors (Lipinski definition) is 3. The van der Waals surface area contributed by atoms with Crippen LogP contribution in [0.1, 0.15) is 5.56 Å². The van der Waals surface area contributed by atoms with Crippen LogP contribution in [0, 0.1) is 11.3 Å². The van der Waals surface area contributed by atoms with Crippen LogP contribution >= 0.6 is 11.6 Å². The summed E-state index contributed by atoms with van der Waals surface area (Å²) >= 11 is 5.83. The Morgan fingerprint density at radius 3 is 2.35 bits per heavy atom. The van der Waals surface area contributed by atoms with Gasteiger partial charge in [0.1, 0.15) is 11.8 Å². The lowest BCUT2D eigenvalue weighted by atomic mass is 10.1. The standard InChI is InChI=1S/C16H13ClN2O/c1-20-16-8-6-15(7-9-16)19-11-13(10-18)12-2-4-14(17)5-3-12/h2-9,11,19H,1H3. The van der Waals surface area contributed by atoms with E-state index < -0.39 is 0 Å². The number of halogens is 1. The van der Waals surface area contributed by atoms with Gasteiger partial charge in [-0.3, -0.25) is 0 Å². The highest BCUT2D eigenvalue weighted by Gasteiger charge is 2.00. The van der Waals surface area contributed by atoms with Crippen LogP contribution in [0.4, 0.5) is 5.69 Å². The fourth-order valence-electron chi connectivity index (χ4n) is 1.65. The first-order valence-electron chi connectivity index (χ1n) is 6.00. The molecule has 0 amide bonds. The van der Waals surface area contributed by atoms with Crippen molar-refractivity contribution in [3.8, 4) is 11.8 Å². The molecule has 3 nitrogen and oxygen atoms in total. The molecule has 100 valence electrons. The predicted molar refractivity (Wildman–Crippen MR) is 81.7 cm³/mol. The number of rotatable bonds is 4. The van der Waals surface area contributed by atoms with E-state index in [0.29, 0.717) is 10.6 Å². The molecular weight excluding hydrogens is 272 g/mol. The first-order chi connectivity index (χ1) is 9.72. The van der Waals surface area contributed by atoms with Crippen molar-refractivity contribution < 1.29 is 4.74 Å². The number of nitrogens with one attached hydrogen (secondary N) is 1. The topological polar surface area (TPSA) is 45.0 Å². The van der Waals surface area contributed by atoms with Gasteiger partial charge in [0.15, 0.2) is 0 Å². The number of hydrogen-bond donors (Lipinski definition) is 1. The van der Waals surface area contributed by atoms with Crippen molar-refractivity contribution in [1.29, 1.82) is 5.26 Å². The van der Waals surface area contributed by atoms with Gasteiger partial charge < -0.3 is 10.1 Å². The van der Waals surface area contributed by atoms with Gasteiger partial charge in [-0.2, -0.15) is 5.26 Å². The van der Waals surface area contributed by atoms with Gasteiger partial charge >= 0.3 is 0 Å². The zero-order chi connectivity index (χ0) is 14.4. The Balaban J connectivity index is 2.15. The molecule has 1 N–H and O–H groups in total. The highest BCUT2D eigenvalue weighted by atomic mass is 35.5. The lowest BCUT2D eigenvalue weighted by Gasteiger charge is -2.04. The Labute approximate surface area is 123 Å². The van der Waals surface area contributed by atoms with Crippen LogP contribution in [0.2, 0.25) is 5.02 Å². The third-order valence-electron chi connectivity index (χ3n) is 2.75. The molecule has 2 aromatic rings. The summed E-state index contributed by atoms with van der Waals surface area (Å²) in [5.41, 5.74) is 2.24. The second-order valence-corrected chi connectivity index (χ2v) is 4.49. The van der Waals surface area contributed by atoms with E-state index in [2.05, 4.69) is 11.4 Å². The molecule has 0 spiro atoms. The Kier molecular flexibility index (Phi) is 4.65. The van der Waals surface area contributed by atoms with E-state index in [-0.39, 0.29) is 0 Å². The van der Waals surface area contributed by atoms with Gasteiger partial charge in [-0.1, -0.05) is 23.7 Å². The fraction of sp³-hybridized carbons (Fsp3) is 0.0625. The summed E-state index contributed by atoms with van der Waals surface area (Å²) in [5.74, 6) is 0.790. The molecule has 0 aliphatic carbocycles. The SMILES string of the molecule is COc1ccc(NC=C(C#N)c2ccc(Cl)cc2)cc1. The molecule has 0 radical (unpaired) electrons. The zero-order valence-electron chi connectivity index (χ0n) is 10.9. The van der Waals surface area contributed by atoms with E-state index >= 15 is 0 Å². The highest BCUT2D eigenvalue weighted by Crippen LogP contribution is 2.19. The van der Waals surface area contributed by atoms with Gasteiger partial charge in [-0.25, -0.2) is 0 Å². The molecule has 0 bridgehead atoms. The van der Waals surface area contributed by atoms with Gasteiger partial charge in [0, 0.05) is 16.9 Å². The molecule has 0 unspecified atom stereocenters. The molecule has 0 aliphatic heterocycles.